The van der Waals surface area contributed by atoms with Crippen molar-refractivity contribution < 1.29 is 0 Å². The Morgan fingerprint density at radius 3 is 2.73 bits per heavy atom. The van der Waals surface area contributed by atoms with Gasteiger partial charge in [0.1, 0.15) is 5.65 Å². The number of aromatic nitrogens is 2. The van der Waals surface area contributed by atoms with Crippen LogP contribution in [0.3, 0.4) is 0 Å². The first-order valence-corrected chi connectivity index (χ1v) is 9.23. The van der Waals surface area contributed by atoms with E-state index in [0.717, 1.165) is 17.6 Å². The summed E-state index contributed by atoms with van der Waals surface area (Å²) in [5, 5.41) is 5.11. The van der Waals surface area contributed by atoms with Gasteiger partial charge in [0.15, 0.2) is 0 Å². The lowest BCUT2D eigenvalue weighted by Crippen LogP contribution is -2.10. The highest BCUT2D eigenvalue weighted by molar-refractivity contribution is 6.17. The van der Waals surface area contributed by atoms with Gasteiger partial charge in [0.25, 0.3) is 0 Å². The van der Waals surface area contributed by atoms with Crippen molar-refractivity contribution in [3.8, 4) is 0 Å². The number of para-hydroxylation sites is 2. The molecule has 2 heteroatoms. The monoisotopic (exact) mass is 334 g/mol. The Labute approximate surface area is 151 Å². The van der Waals surface area contributed by atoms with Crippen LogP contribution < -0.4 is 0 Å². The lowest BCUT2D eigenvalue weighted by molar-refractivity contribution is 0.695. The van der Waals surface area contributed by atoms with Gasteiger partial charge in [-0.2, -0.15) is 0 Å². The fourth-order valence-corrected chi connectivity index (χ4v) is 4.50. The summed E-state index contributed by atoms with van der Waals surface area (Å²) in [6, 6.07) is 21.6. The van der Waals surface area contributed by atoms with Gasteiger partial charge in [0, 0.05) is 16.6 Å². The van der Waals surface area contributed by atoms with Crippen molar-refractivity contribution in [2.24, 2.45) is 5.92 Å². The van der Waals surface area contributed by atoms with Crippen molar-refractivity contribution in [2.45, 2.75) is 13.3 Å². The van der Waals surface area contributed by atoms with Crippen molar-refractivity contribution >= 4 is 44.3 Å². The van der Waals surface area contributed by atoms with Crippen LogP contribution in [0.5, 0.6) is 0 Å². The van der Waals surface area contributed by atoms with E-state index in [1.165, 1.54) is 38.3 Å². The molecular weight excluding hydrogens is 316 g/mol. The topological polar surface area (TPSA) is 17.3 Å². The number of fused-ring (bicyclic) bond motifs is 10. The van der Waals surface area contributed by atoms with E-state index < -0.39 is 0 Å². The number of nitrogens with zero attached hydrogens (tertiary/aromatic N) is 2. The molecule has 1 aliphatic rings. The van der Waals surface area contributed by atoms with Gasteiger partial charge in [0.05, 0.1) is 11.0 Å². The predicted octanol–water partition coefficient (Wildman–Crippen LogP) is 6.00. The van der Waals surface area contributed by atoms with Crippen LogP contribution in [0.15, 0.2) is 66.7 Å². The lowest BCUT2D eigenvalue weighted by atomic mass is 9.90. The third-order valence-corrected chi connectivity index (χ3v) is 5.69. The maximum Gasteiger partial charge on any atom is 0.146 e. The Morgan fingerprint density at radius 1 is 0.923 bits per heavy atom. The zero-order valence-corrected chi connectivity index (χ0v) is 14.6. The van der Waals surface area contributed by atoms with Gasteiger partial charge in [0.2, 0.25) is 0 Å². The van der Waals surface area contributed by atoms with Crippen LogP contribution in [0.25, 0.3) is 44.3 Å². The Kier molecular flexibility index (Phi) is 2.68. The van der Waals surface area contributed by atoms with Crippen LogP contribution in [0.1, 0.15) is 18.2 Å². The van der Waals surface area contributed by atoms with Gasteiger partial charge in [-0.05, 0) is 40.6 Å². The smallest absolute Gasteiger partial charge is 0.146 e. The second kappa shape index (κ2) is 4.95. The molecular formula is C24H18N2. The summed E-state index contributed by atoms with van der Waals surface area (Å²) in [5.41, 5.74) is 6.08. The second-order valence-electron chi connectivity index (χ2n) is 7.37. The molecule has 6 rings (SSSR count). The van der Waals surface area contributed by atoms with E-state index in [9.17, 15) is 0 Å². The highest BCUT2D eigenvalue weighted by Crippen LogP contribution is 2.38. The van der Waals surface area contributed by atoms with Crippen molar-refractivity contribution in [3.05, 3.63) is 78.0 Å². The molecule has 0 radical (unpaired) electrons. The Balaban J connectivity index is 1.98. The predicted molar refractivity (Wildman–Crippen MR) is 110 cm³/mol. The third-order valence-electron chi connectivity index (χ3n) is 5.69. The van der Waals surface area contributed by atoms with Gasteiger partial charge in [-0.25, -0.2) is 4.98 Å². The summed E-state index contributed by atoms with van der Waals surface area (Å²) in [5.74, 6) is 0.546. The summed E-state index contributed by atoms with van der Waals surface area (Å²) in [6.45, 7) is 2.29. The molecule has 1 atom stereocenters. The molecule has 2 aromatic heterocycles. The summed E-state index contributed by atoms with van der Waals surface area (Å²) >= 11 is 0. The molecule has 0 saturated heterocycles. The van der Waals surface area contributed by atoms with Crippen LogP contribution >= 0.6 is 0 Å². The van der Waals surface area contributed by atoms with E-state index >= 15 is 0 Å². The molecule has 1 aliphatic carbocycles. The van der Waals surface area contributed by atoms with Crippen molar-refractivity contribution in [1.29, 1.82) is 0 Å². The standard InChI is InChI=1S/C24H18N2/c1-15-10-12-18-19-13-11-16-6-2-3-7-17(16)23(19)24-25-20-8-4-5-9-21(20)26(24)22(18)14-15/h2-13,15H,14H2,1H3/t15-/m1/s1. The molecule has 0 amide bonds. The molecule has 5 aromatic rings. The van der Waals surface area contributed by atoms with Gasteiger partial charge >= 0.3 is 0 Å². The Morgan fingerprint density at radius 2 is 1.77 bits per heavy atom. The van der Waals surface area contributed by atoms with Crippen molar-refractivity contribution in [2.75, 3.05) is 0 Å². The number of hydrogen-bond acceptors (Lipinski definition) is 1. The van der Waals surface area contributed by atoms with Crippen molar-refractivity contribution in [3.63, 3.8) is 0 Å². The zero-order valence-electron chi connectivity index (χ0n) is 14.6. The maximum absolute atomic E-state index is 5.07. The molecule has 0 fully saturated rings. The number of imidazole rings is 1. The molecule has 124 valence electrons. The normalized spacial score (nSPS) is 16.7. The SMILES string of the molecule is C[C@@H]1C=Cc2c(n3c4ccccc4nc3c3c2ccc2ccccc23)C1. The van der Waals surface area contributed by atoms with E-state index in [-0.39, 0.29) is 0 Å². The minimum atomic E-state index is 0.546. The fourth-order valence-electron chi connectivity index (χ4n) is 4.50. The Bertz CT molecular complexity index is 1370. The van der Waals surface area contributed by atoms with Crippen molar-refractivity contribution in [1.82, 2.24) is 9.38 Å². The molecule has 0 unspecified atom stereocenters. The first kappa shape index (κ1) is 14.1. The van der Waals surface area contributed by atoms with E-state index in [1.54, 1.807) is 0 Å². The summed E-state index contributed by atoms with van der Waals surface area (Å²) in [4.78, 5) is 5.07. The second-order valence-corrected chi connectivity index (χ2v) is 7.37. The number of allylic oxidation sites excluding steroid dienone is 1. The third kappa shape index (κ3) is 1.74. The first-order valence-electron chi connectivity index (χ1n) is 9.23. The van der Waals surface area contributed by atoms with E-state index in [4.69, 9.17) is 4.98 Å². The number of hydrogen-bond donors (Lipinski definition) is 0. The number of rotatable bonds is 0. The maximum atomic E-state index is 5.07. The minimum Gasteiger partial charge on any atom is -0.295 e. The van der Waals surface area contributed by atoms with Crippen LogP contribution in [-0.4, -0.2) is 9.38 Å². The molecule has 0 aliphatic heterocycles. The lowest BCUT2D eigenvalue weighted by Gasteiger charge is -2.21. The number of pyridine rings is 1. The molecule has 26 heavy (non-hydrogen) atoms. The molecule has 2 heterocycles. The van der Waals surface area contributed by atoms with Crippen LogP contribution in [0, 0.1) is 5.92 Å². The molecule has 3 aromatic carbocycles. The summed E-state index contributed by atoms with van der Waals surface area (Å²) < 4.78 is 2.40. The summed E-state index contributed by atoms with van der Waals surface area (Å²) in [7, 11) is 0. The van der Waals surface area contributed by atoms with Gasteiger partial charge in [-0.1, -0.05) is 67.6 Å². The average molecular weight is 334 g/mol. The van der Waals surface area contributed by atoms with Gasteiger partial charge in [-0.15, -0.1) is 0 Å². The summed E-state index contributed by atoms with van der Waals surface area (Å²) in [6.07, 6.45) is 5.70. The zero-order chi connectivity index (χ0) is 17.3. The van der Waals surface area contributed by atoms with E-state index in [0.29, 0.717) is 5.92 Å². The van der Waals surface area contributed by atoms with Gasteiger partial charge in [-0.3, -0.25) is 4.40 Å². The largest absolute Gasteiger partial charge is 0.295 e. The molecule has 0 spiro atoms. The molecule has 0 saturated carbocycles. The molecule has 0 N–H and O–H groups in total. The highest BCUT2D eigenvalue weighted by Gasteiger charge is 2.21. The highest BCUT2D eigenvalue weighted by atomic mass is 15.0. The van der Waals surface area contributed by atoms with Crippen LogP contribution in [0.2, 0.25) is 0 Å². The van der Waals surface area contributed by atoms with E-state index in [2.05, 4.69) is 84.1 Å². The average Bonchev–Trinajstić information content (AvgIpc) is 3.07. The number of benzene rings is 3. The fraction of sp³-hybridized carbons (Fsp3) is 0.125. The first-order chi connectivity index (χ1) is 12.8. The quantitative estimate of drug-likeness (QED) is 0.317. The molecule has 0 bridgehead atoms. The minimum absolute atomic E-state index is 0.546. The molecule has 2 nitrogen and oxygen atoms in total. The van der Waals surface area contributed by atoms with E-state index in [1.807, 2.05) is 0 Å². The Hall–Kier alpha value is -3.13. The van der Waals surface area contributed by atoms with Gasteiger partial charge < -0.3 is 0 Å². The van der Waals surface area contributed by atoms with Crippen LogP contribution in [-0.2, 0) is 6.42 Å². The van der Waals surface area contributed by atoms with Crippen LogP contribution in [0.4, 0.5) is 0 Å².